The second-order valence-electron chi connectivity index (χ2n) is 9.17. The summed E-state index contributed by atoms with van der Waals surface area (Å²) in [6.07, 6.45) is 2.68. The molecular weight excluding hydrogens is 478 g/mol. The lowest BCUT2D eigenvalue weighted by molar-refractivity contribution is -0.456. The molecule has 1 saturated heterocycles. The zero-order valence-corrected chi connectivity index (χ0v) is 19.5. The number of nitro benzene ring substituents is 2. The maximum Gasteiger partial charge on any atom is 0.330 e. The minimum absolute atomic E-state index is 0.0505. The summed E-state index contributed by atoms with van der Waals surface area (Å²) in [5.41, 5.74) is 4.35. The van der Waals surface area contributed by atoms with Gasteiger partial charge in [0.25, 0.3) is 11.4 Å². The van der Waals surface area contributed by atoms with Gasteiger partial charge < -0.3 is 0 Å². The monoisotopic (exact) mass is 499 g/mol. The molecule has 186 valence electrons. The highest BCUT2D eigenvalue weighted by Gasteiger charge is 2.70. The van der Waals surface area contributed by atoms with Gasteiger partial charge in [0.15, 0.2) is 0 Å². The molecule has 12 nitrogen and oxygen atoms in total. The standard InChI is InChI=1S/C25H21N7O5/c33-23-28(18-6-2-1-3-7-18)24-16-4-5-17-25(24,29(23)19-8-12-21(13-9-19)31(34)35)27-30(26-24)20-10-14-22(15-11-20)32(36)37/h1-3,6-15H,4-5,16-17H2. The largest absolute Gasteiger partial charge is 0.330 e. The summed E-state index contributed by atoms with van der Waals surface area (Å²) in [4.78, 5) is 40.3. The Morgan fingerprint density at radius 3 is 1.97 bits per heavy atom. The number of amides is 2. The average Bonchev–Trinajstić information content (AvgIpc) is 3.36. The summed E-state index contributed by atoms with van der Waals surface area (Å²) in [5.74, 6) is 0. The van der Waals surface area contributed by atoms with E-state index in [-0.39, 0.29) is 17.4 Å². The highest BCUT2D eigenvalue weighted by molar-refractivity contribution is 6.10. The quantitative estimate of drug-likeness (QED) is 0.240. The number of anilines is 2. The number of carbonyl (C=O) groups excluding carboxylic acids is 1. The van der Waals surface area contributed by atoms with Gasteiger partial charge in [0.05, 0.1) is 9.85 Å². The molecule has 2 heterocycles. The summed E-state index contributed by atoms with van der Waals surface area (Å²) < 4.78 is 0. The van der Waals surface area contributed by atoms with Gasteiger partial charge in [0.2, 0.25) is 5.69 Å². The molecule has 3 aliphatic rings. The third-order valence-electron chi connectivity index (χ3n) is 7.21. The summed E-state index contributed by atoms with van der Waals surface area (Å²) in [6.45, 7) is 0. The molecule has 2 aliphatic heterocycles. The average molecular weight is 499 g/mol. The number of hydrogen-bond acceptors (Lipinski definition) is 6. The number of benzene rings is 3. The van der Waals surface area contributed by atoms with Crippen LogP contribution in [0.3, 0.4) is 0 Å². The van der Waals surface area contributed by atoms with Crippen LogP contribution in [0.1, 0.15) is 25.7 Å². The minimum Gasteiger partial charge on any atom is -0.281 e. The molecule has 2 atom stereocenters. The van der Waals surface area contributed by atoms with Crippen molar-refractivity contribution >= 4 is 34.5 Å². The van der Waals surface area contributed by atoms with Crippen molar-refractivity contribution in [3.8, 4) is 0 Å². The normalized spacial score (nSPS) is 24.2. The van der Waals surface area contributed by atoms with Crippen molar-refractivity contribution in [3.63, 3.8) is 0 Å². The first-order chi connectivity index (χ1) is 17.9. The van der Waals surface area contributed by atoms with Crippen molar-refractivity contribution in [3.05, 3.63) is 105 Å². The van der Waals surface area contributed by atoms with E-state index in [1.807, 2.05) is 30.3 Å². The van der Waals surface area contributed by atoms with Crippen molar-refractivity contribution < 1.29 is 19.4 Å². The predicted octanol–water partition coefficient (Wildman–Crippen LogP) is 6.01. The minimum atomic E-state index is -1.11. The number of azo groups is 1. The van der Waals surface area contributed by atoms with Gasteiger partial charge >= 0.3 is 6.03 Å². The van der Waals surface area contributed by atoms with Crippen molar-refractivity contribution in [1.82, 2.24) is 0 Å². The Labute approximate surface area is 210 Å². The van der Waals surface area contributed by atoms with Crippen LogP contribution in [0.25, 0.3) is 5.43 Å². The lowest BCUT2D eigenvalue weighted by Crippen LogP contribution is -2.59. The van der Waals surface area contributed by atoms with Crippen molar-refractivity contribution in [2.24, 2.45) is 5.11 Å². The van der Waals surface area contributed by atoms with E-state index >= 15 is 0 Å². The first-order valence-corrected chi connectivity index (χ1v) is 11.8. The highest BCUT2D eigenvalue weighted by atomic mass is 16.6. The van der Waals surface area contributed by atoms with Crippen LogP contribution in [-0.4, -0.2) is 32.0 Å². The van der Waals surface area contributed by atoms with Gasteiger partial charge in [-0.3, -0.25) is 30.0 Å². The predicted molar refractivity (Wildman–Crippen MR) is 133 cm³/mol. The molecule has 0 bridgehead atoms. The fraction of sp³-hybridized carbons (Fsp3) is 0.240. The van der Waals surface area contributed by atoms with Gasteiger partial charge in [0.1, 0.15) is 11.3 Å². The van der Waals surface area contributed by atoms with E-state index in [1.54, 1.807) is 34.1 Å². The second kappa shape index (κ2) is 8.08. The first-order valence-electron chi connectivity index (χ1n) is 11.8. The van der Waals surface area contributed by atoms with E-state index in [0.29, 0.717) is 29.9 Å². The molecule has 2 amide bonds. The molecule has 1 aliphatic carbocycles. The van der Waals surface area contributed by atoms with Crippen molar-refractivity contribution in [1.29, 1.82) is 0 Å². The molecule has 12 heteroatoms. The van der Waals surface area contributed by atoms with E-state index in [2.05, 4.69) is 0 Å². The van der Waals surface area contributed by atoms with Crippen LogP contribution in [-0.2, 0) is 0 Å². The third-order valence-corrected chi connectivity index (χ3v) is 7.21. The molecule has 0 aromatic heterocycles. The number of carbonyl (C=O) groups is 1. The molecule has 1 saturated carbocycles. The van der Waals surface area contributed by atoms with E-state index < -0.39 is 21.2 Å². The number of nitrogens with zero attached hydrogens (tertiary/aromatic N) is 7. The van der Waals surface area contributed by atoms with Crippen LogP contribution in [0.4, 0.5) is 33.2 Å². The number of rotatable bonds is 5. The van der Waals surface area contributed by atoms with Crippen LogP contribution >= 0.6 is 0 Å². The molecule has 37 heavy (non-hydrogen) atoms. The molecular formula is C25H21N7O5. The van der Waals surface area contributed by atoms with Gasteiger partial charge in [0, 0.05) is 47.8 Å². The van der Waals surface area contributed by atoms with Crippen LogP contribution in [0.5, 0.6) is 0 Å². The lowest BCUT2D eigenvalue weighted by atomic mass is 9.79. The third kappa shape index (κ3) is 3.18. The Hall–Kier alpha value is -4.87. The zero-order valence-electron chi connectivity index (χ0n) is 19.5. The summed E-state index contributed by atoms with van der Waals surface area (Å²) in [7, 11) is 0. The molecule has 0 N–H and O–H groups in total. The van der Waals surface area contributed by atoms with Crippen molar-refractivity contribution in [2.75, 3.05) is 9.80 Å². The van der Waals surface area contributed by atoms with Crippen LogP contribution in [0, 0.1) is 20.2 Å². The zero-order chi connectivity index (χ0) is 25.8. The van der Waals surface area contributed by atoms with Gasteiger partial charge in [-0.05, 0) is 37.1 Å². The topological polar surface area (TPSA) is 139 Å². The van der Waals surface area contributed by atoms with E-state index in [1.165, 1.54) is 29.1 Å². The van der Waals surface area contributed by atoms with E-state index in [4.69, 9.17) is 10.5 Å². The van der Waals surface area contributed by atoms with E-state index in [9.17, 15) is 25.0 Å². The highest BCUT2D eigenvalue weighted by Crippen LogP contribution is 2.60. The Bertz CT molecular complexity index is 1440. The van der Waals surface area contributed by atoms with Crippen molar-refractivity contribution in [2.45, 2.75) is 37.0 Å². The summed E-state index contributed by atoms with van der Waals surface area (Å²) in [6, 6.07) is 20.7. The number of nitro groups is 2. The maximum absolute atomic E-state index is 14.2. The number of urea groups is 1. The number of non-ortho nitro benzene ring substituents is 2. The Balaban J connectivity index is 1.53. The maximum atomic E-state index is 14.2. The summed E-state index contributed by atoms with van der Waals surface area (Å²) in [5, 5.41) is 27.4. The molecule has 3 aromatic carbocycles. The molecule has 0 spiro atoms. The Kier molecular flexibility index (Phi) is 4.93. The number of para-hydroxylation sites is 1. The van der Waals surface area contributed by atoms with E-state index in [0.717, 1.165) is 12.8 Å². The molecule has 6 rings (SSSR count). The SMILES string of the molecule is O=C1N(c2ccccc2)C23CCCCC2([N-][N+](c2ccc([N+](=O)[O-])cc2)=N3)N1c1ccc([N+](=O)[O-])cc1. The second-order valence-corrected chi connectivity index (χ2v) is 9.17. The molecule has 3 aromatic rings. The molecule has 0 radical (unpaired) electrons. The van der Waals surface area contributed by atoms with Crippen LogP contribution < -0.4 is 9.80 Å². The van der Waals surface area contributed by atoms with Gasteiger partial charge in [-0.2, -0.15) is 10.5 Å². The Morgan fingerprint density at radius 2 is 1.35 bits per heavy atom. The Morgan fingerprint density at radius 1 is 0.784 bits per heavy atom. The van der Waals surface area contributed by atoms with Gasteiger partial charge in [-0.25, -0.2) is 4.79 Å². The smallest absolute Gasteiger partial charge is 0.281 e. The van der Waals surface area contributed by atoms with Crippen LogP contribution in [0.2, 0.25) is 0 Å². The molecule has 2 fully saturated rings. The fourth-order valence-corrected chi connectivity index (χ4v) is 5.60. The summed E-state index contributed by atoms with van der Waals surface area (Å²) >= 11 is 0. The van der Waals surface area contributed by atoms with Gasteiger partial charge in [-0.15, -0.1) is 4.81 Å². The number of hydrogen-bond donors (Lipinski definition) is 0. The van der Waals surface area contributed by atoms with Crippen LogP contribution in [0.15, 0.2) is 84.0 Å². The lowest BCUT2D eigenvalue weighted by Gasteiger charge is -2.47. The van der Waals surface area contributed by atoms with Gasteiger partial charge in [-0.1, -0.05) is 31.0 Å². The first kappa shape index (κ1) is 22.6. The fourth-order valence-electron chi connectivity index (χ4n) is 5.60. The molecule has 2 unspecified atom stereocenters.